The molecule has 0 atom stereocenters. The standard InChI is InChI=1S/C5H9N3O/c1-2-3-4-7-8-5(6)9/h2,4H,1,3H2,(H3,6,8,9)/b7-4+. The van der Waals surface area contributed by atoms with Crippen LogP contribution in [0.3, 0.4) is 0 Å². The van der Waals surface area contributed by atoms with Gasteiger partial charge in [0.25, 0.3) is 0 Å². The van der Waals surface area contributed by atoms with Crippen LogP contribution in [0.4, 0.5) is 4.79 Å². The highest BCUT2D eigenvalue weighted by atomic mass is 16.2. The maximum absolute atomic E-state index is 9.93. The van der Waals surface area contributed by atoms with E-state index >= 15 is 0 Å². The maximum Gasteiger partial charge on any atom is 0.332 e. The highest BCUT2D eigenvalue weighted by molar-refractivity contribution is 5.72. The summed E-state index contributed by atoms with van der Waals surface area (Å²) < 4.78 is 0. The third-order valence-corrected chi connectivity index (χ3v) is 0.538. The van der Waals surface area contributed by atoms with Crippen LogP contribution in [0.25, 0.3) is 0 Å². The van der Waals surface area contributed by atoms with Crippen LogP contribution in [0.5, 0.6) is 0 Å². The van der Waals surface area contributed by atoms with E-state index < -0.39 is 6.03 Å². The molecule has 0 saturated carbocycles. The minimum atomic E-state index is -0.657. The largest absolute Gasteiger partial charge is 0.350 e. The van der Waals surface area contributed by atoms with E-state index in [-0.39, 0.29) is 0 Å². The van der Waals surface area contributed by atoms with E-state index in [1.54, 1.807) is 6.08 Å². The van der Waals surface area contributed by atoms with Gasteiger partial charge in [0, 0.05) is 12.6 Å². The summed E-state index contributed by atoms with van der Waals surface area (Å²) in [5, 5.41) is 3.44. The average molecular weight is 127 g/mol. The van der Waals surface area contributed by atoms with E-state index in [9.17, 15) is 4.79 Å². The van der Waals surface area contributed by atoms with Crippen molar-refractivity contribution in [3.8, 4) is 0 Å². The third kappa shape index (κ3) is 6.68. The number of nitrogens with one attached hydrogen (secondary N) is 1. The number of primary amides is 1. The van der Waals surface area contributed by atoms with Gasteiger partial charge in [0.05, 0.1) is 0 Å². The van der Waals surface area contributed by atoms with Crippen molar-refractivity contribution in [1.82, 2.24) is 5.43 Å². The molecule has 0 radical (unpaired) electrons. The van der Waals surface area contributed by atoms with E-state index in [4.69, 9.17) is 0 Å². The number of hydrogen-bond acceptors (Lipinski definition) is 2. The highest BCUT2D eigenvalue weighted by Gasteiger charge is 1.80. The Morgan fingerprint density at radius 3 is 3.00 bits per heavy atom. The Labute approximate surface area is 53.4 Å². The van der Waals surface area contributed by atoms with Gasteiger partial charge in [-0.25, -0.2) is 10.2 Å². The van der Waals surface area contributed by atoms with Gasteiger partial charge in [-0.15, -0.1) is 6.58 Å². The second kappa shape index (κ2) is 4.83. The lowest BCUT2D eigenvalue weighted by Gasteiger charge is -1.87. The Balaban J connectivity index is 3.24. The first-order valence-electron chi connectivity index (χ1n) is 2.45. The smallest absolute Gasteiger partial charge is 0.332 e. The molecule has 0 saturated heterocycles. The van der Waals surface area contributed by atoms with E-state index in [1.165, 1.54) is 6.21 Å². The SMILES string of the molecule is C=CC/C=N/NC(N)=O. The van der Waals surface area contributed by atoms with Crippen molar-refractivity contribution >= 4 is 12.2 Å². The number of hydrazone groups is 1. The van der Waals surface area contributed by atoms with Crippen molar-refractivity contribution in [2.45, 2.75) is 6.42 Å². The van der Waals surface area contributed by atoms with Crippen LogP contribution in [0.1, 0.15) is 6.42 Å². The van der Waals surface area contributed by atoms with Gasteiger partial charge in [-0.3, -0.25) is 0 Å². The zero-order valence-corrected chi connectivity index (χ0v) is 5.00. The summed E-state index contributed by atoms with van der Waals surface area (Å²) in [5.74, 6) is 0. The molecule has 0 heterocycles. The molecule has 3 N–H and O–H groups in total. The van der Waals surface area contributed by atoms with Gasteiger partial charge >= 0.3 is 6.03 Å². The number of urea groups is 1. The lowest BCUT2D eigenvalue weighted by atomic mass is 10.5. The molecular weight excluding hydrogens is 118 g/mol. The molecule has 0 unspecified atom stereocenters. The molecule has 0 aromatic heterocycles. The molecule has 4 nitrogen and oxygen atoms in total. The Kier molecular flexibility index (Phi) is 4.12. The molecule has 50 valence electrons. The Hall–Kier alpha value is -1.32. The number of amides is 2. The maximum atomic E-state index is 9.93. The summed E-state index contributed by atoms with van der Waals surface area (Å²) in [6.07, 6.45) is 3.78. The topological polar surface area (TPSA) is 67.5 Å². The van der Waals surface area contributed by atoms with E-state index in [1.807, 2.05) is 5.43 Å². The number of carbonyl (C=O) groups excluding carboxylic acids is 1. The summed E-state index contributed by atoms with van der Waals surface area (Å²) in [6.45, 7) is 3.44. The fourth-order valence-electron chi connectivity index (χ4n) is 0.237. The fourth-order valence-corrected chi connectivity index (χ4v) is 0.237. The molecule has 0 rings (SSSR count). The lowest BCUT2D eigenvalue weighted by Crippen LogP contribution is -2.24. The van der Waals surface area contributed by atoms with Gasteiger partial charge in [-0.05, 0) is 0 Å². The third-order valence-electron chi connectivity index (χ3n) is 0.538. The van der Waals surface area contributed by atoms with Crippen LogP contribution in [-0.2, 0) is 0 Å². The zero-order chi connectivity index (χ0) is 7.11. The van der Waals surface area contributed by atoms with E-state index in [0.717, 1.165) is 0 Å². The Morgan fingerprint density at radius 1 is 1.89 bits per heavy atom. The molecule has 0 aliphatic heterocycles. The van der Waals surface area contributed by atoms with Gasteiger partial charge in [-0.1, -0.05) is 6.08 Å². The molecule has 0 aromatic carbocycles. The van der Waals surface area contributed by atoms with Gasteiger partial charge in [0.2, 0.25) is 0 Å². The molecule has 0 aromatic rings. The first kappa shape index (κ1) is 7.68. The summed E-state index contributed by atoms with van der Waals surface area (Å²) in [4.78, 5) is 9.93. The molecule has 0 bridgehead atoms. The molecule has 0 aliphatic carbocycles. The van der Waals surface area contributed by atoms with Crippen LogP contribution in [0.15, 0.2) is 17.8 Å². The number of rotatable bonds is 3. The fraction of sp³-hybridized carbons (Fsp3) is 0.200. The van der Waals surface area contributed by atoms with Crippen LogP contribution in [0, 0.1) is 0 Å². The Morgan fingerprint density at radius 2 is 2.56 bits per heavy atom. The van der Waals surface area contributed by atoms with E-state index in [0.29, 0.717) is 6.42 Å². The van der Waals surface area contributed by atoms with Crippen LogP contribution in [0.2, 0.25) is 0 Å². The molecular formula is C5H9N3O. The quantitative estimate of drug-likeness (QED) is 0.318. The van der Waals surface area contributed by atoms with Crippen molar-refractivity contribution < 1.29 is 4.79 Å². The summed E-state index contributed by atoms with van der Waals surface area (Å²) >= 11 is 0. The number of nitrogens with two attached hydrogens (primary N) is 1. The first-order valence-corrected chi connectivity index (χ1v) is 2.45. The molecule has 0 spiro atoms. The van der Waals surface area contributed by atoms with Crippen molar-refractivity contribution in [2.24, 2.45) is 10.8 Å². The normalized spacial score (nSPS) is 9.33. The van der Waals surface area contributed by atoms with E-state index in [2.05, 4.69) is 17.4 Å². The number of hydrogen-bond donors (Lipinski definition) is 2. The highest BCUT2D eigenvalue weighted by Crippen LogP contribution is 1.69. The lowest BCUT2D eigenvalue weighted by molar-refractivity contribution is 0.249. The van der Waals surface area contributed by atoms with Crippen LogP contribution < -0.4 is 11.2 Å². The minimum Gasteiger partial charge on any atom is -0.350 e. The van der Waals surface area contributed by atoms with Crippen molar-refractivity contribution in [3.63, 3.8) is 0 Å². The molecule has 9 heavy (non-hydrogen) atoms. The van der Waals surface area contributed by atoms with Gasteiger partial charge in [-0.2, -0.15) is 5.10 Å². The summed E-state index contributed by atoms with van der Waals surface area (Å²) in [6, 6.07) is -0.657. The van der Waals surface area contributed by atoms with Gasteiger partial charge in [0.1, 0.15) is 0 Å². The van der Waals surface area contributed by atoms with Crippen LogP contribution >= 0.6 is 0 Å². The number of carbonyl (C=O) groups is 1. The summed E-state index contributed by atoms with van der Waals surface area (Å²) in [5.41, 5.74) is 6.73. The second-order valence-corrected chi connectivity index (χ2v) is 1.31. The molecule has 0 aliphatic rings. The van der Waals surface area contributed by atoms with Crippen LogP contribution in [-0.4, -0.2) is 12.2 Å². The van der Waals surface area contributed by atoms with Crippen molar-refractivity contribution in [1.29, 1.82) is 0 Å². The van der Waals surface area contributed by atoms with Crippen molar-refractivity contribution in [2.75, 3.05) is 0 Å². The molecule has 2 amide bonds. The minimum absolute atomic E-state index is 0.625. The summed E-state index contributed by atoms with van der Waals surface area (Å²) in [7, 11) is 0. The predicted octanol–water partition coefficient (Wildman–Crippen LogP) is 0.217. The van der Waals surface area contributed by atoms with Gasteiger partial charge < -0.3 is 5.73 Å². The van der Waals surface area contributed by atoms with Crippen molar-refractivity contribution in [3.05, 3.63) is 12.7 Å². The number of allylic oxidation sites excluding steroid dienone is 1. The van der Waals surface area contributed by atoms with Gasteiger partial charge in [0.15, 0.2) is 0 Å². The average Bonchev–Trinajstić information content (AvgIpc) is 1.80. The number of nitrogens with zero attached hydrogens (tertiary/aromatic N) is 1. The first-order chi connectivity index (χ1) is 4.27. The predicted molar refractivity (Wildman–Crippen MR) is 36.0 cm³/mol. The zero-order valence-electron chi connectivity index (χ0n) is 5.00. The monoisotopic (exact) mass is 127 g/mol. The second-order valence-electron chi connectivity index (χ2n) is 1.31. The Bertz CT molecular complexity index is 130. The molecule has 4 heteroatoms. The molecule has 0 fully saturated rings.